The molecule has 1 fully saturated rings. The van der Waals surface area contributed by atoms with E-state index in [2.05, 4.69) is 17.4 Å². The molecule has 4 N–H and O–H groups in total. The minimum Gasteiger partial charge on any atom is -0.409 e. The zero-order chi connectivity index (χ0) is 14.5. The Kier molecular flexibility index (Phi) is 4.61. The molecule has 1 amide bonds. The number of rotatable bonds is 3. The van der Waals surface area contributed by atoms with Crippen LogP contribution in [0, 0.1) is 5.92 Å². The van der Waals surface area contributed by atoms with Gasteiger partial charge in [0, 0.05) is 17.2 Å². The normalized spacial score (nSPS) is 23.4. The van der Waals surface area contributed by atoms with Gasteiger partial charge in [0.2, 0.25) is 0 Å². The van der Waals surface area contributed by atoms with Crippen molar-refractivity contribution in [2.75, 3.05) is 0 Å². The molecule has 2 atom stereocenters. The van der Waals surface area contributed by atoms with E-state index in [1.54, 1.807) is 24.3 Å². The van der Waals surface area contributed by atoms with Crippen LogP contribution in [-0.4, -0.2) is 23.0 Å². The fourth-order valence-electron chi connectivity index (χ4n) is 2.68. The Hall–Kier alpha value is -2.04. The van der Waals surface area contributed by atoms with E-state index in [9.17, 15) is 4.79 Å². The SMILES string of the molecule is CC1CCCC(NC(=O)c2ccc(/C(N)=N/O)cc2)C1. The third-order valence-electron chi connectivity index (χ3n) is 3.82. The Morgan fingerprint density at radius 2 is 1.95 bits per heavy atom. The Morgan fingerprint density at radius 3 is 2.55 bits per heavy atom. The quantitative estimate of drug-likeness (QED) is 0.341. The van der Waals surface area contributed by atoms with E-state index in [0.717, 1.165) is 12.8 Å². The number of nitrogens with zero attached hydrogens (tertiary/aromatic N) is 1. The molecule has 1 aliphatic carbocycles. The van der Waals surface area contributed by atoms with Crippen LogP contribution < -0.4 is 11.1 Å². The van der Waals surface area contributed by atoms with Crippen molar-refractivity contribution in [2.24, 2.45) is 16.8 Å². The molecule has 2 unspecified atom stereocenters. The third-order valence-corrected chi connectivity index (χ3v) is 3.82. The standard InChI is InChI=1S/C15H21N3O2/c1-10-3-2-4-13(9-10)17-15(19)12-7-5-11(6-8-12)14(16)18-20/h5-8,10,13,20H,2-4,9H2,1H3,(H2,16,18)(H,17,19). The highest BCUT2D eigenvalue weighted by Gasteiger charge is 2.20. The van der Waals surface area contributed by atoms with Crippen LogP contribution >= 0.6 is 0 Å². The fourth-order valence-corrected chi connectivity index (χ4v) is 2.68. The van der Waals surface area contributed by atoms with E-state index in [1.165, 1.54) is 12.8 Å². The lowest BCUT2D eigenvalue weighted by Crippen LogP contribution is -2.37. The summed E-state index contributed by atoms with van der Waals surface area (Å²) in [6.45, 7) is 2.23. The summed E-state index contributed by atoms with van der Waals surface area (Å²) in [5.41, 5.74) is 6.67. The van der Waals surface area contributed by atoms with E-state index in [4.69, 9.17) is 10.9 Å². The summed E-state index contributed by atoms with van der Waals surface area (Å²) in [6.07, 6.45) is 4.53. The van der Waals surface area contributed by atoms with Crippen molar-refractivity contribution >= 4 is 11.7 Å². The van der Waals surface area contributed by atoms with Crippen LogP contribution in [0.25, 0.3) is 0 Å². The van der Waals surface area contributed by atoms with E-state index >= 15 is 0 Å². The van der Waals surface area contributed by atoms with Gasteiger partial charge in [-0.15, -0.1) is 0 Å². The molecule has 0 aliphatic heterocycles. The second kappa shape index (κ2) is 6.41. The molecule has 0 saturated heterocycles. The van der Waals surface area contributed by atoms with Gasteiger partial charge < -0.3 is 16.3 Å². The van der Waals surface area contributed by atoms with Gasteiger partial charge in [-0.25, -0.2) is 0 Å². The molecule has 1 aromatic carbocycles. The number of benzene rings is 1. The summed E-state index contributed by atoms with van der Waals surface area (Å²) < 4.78 is 0. The summed E-state index contributed by atoms with van der Waals surface area (Å²) in [4.78, 5) is 12.1. The Balaban J connectivity index is 1.98. The van der Waals surface area contributed by atoms with Gasteiger partial charge in [-0.05, 0) is 30.9 Å². The topological polar surface area (TPSA) is 87.7 Å². The number of carbonyl (C=O) groups excluding carboxylic acids is 1. The summed E-state index contributed by atoms with van der Waals surface area (Å²) in [7, 11) is 0. The Labute approximate surface area is 118 Å². The summed E-state index contributed by atoms with van der Waals surface area (Å²) >= 11 is 0. The summed E-state index contributed by atoms with van der Waals surface area (Å²) in [5, 5.41) is 14.6. The molecule has 0 heterocycles. The smallest absolute Gasteiger partial charge is 0.251 e. The van der Waals surface area contributed by atoms with Gasteiger partial charge in [0.15, 0.2) is 5.84 Å². The van der Waals surface area contributed by atoms with Gasteiger partial charge in [0.05, 0.1) is 0 Å². The number of amidine groups is 1. The van der Waals surface area contributed by atoms with Crippen molar-refractivity contribution in [1.29, 1.82) is 0 Å². The maximum Gasteiger partial charge on any atom is 0.251 e. The van der Waals surface area contributed by atoms with Crippen molar-refractivity contribution in [2.45, 2.75) is 38.6 Å². The van der Waals surface area contributed by atoms with Crippen LogP contribution in [0.1, 0.15) is 48.5 Å². The highest BCUT2D eigenvalue weighted by atomic mass is 16.4. The van der Waals surface area contributed by atoms with Crippen LogP contribution in [0.2, 0.25) is 0 Å². The number of oxime groups is 1. The van der Waals surface area contributed by atoms with Crippen molar-refractivity contribution < 1.29 is 10.0 Å². The molecule has 1 saturated carbocycles. The monoisotopic (exact) mass is 275 g/mol. The van der Waals surface area contributed by atoms with Crippen LogP contribution in [0.3, 0.4) is 0 Å². The minimum absolute atomic E-state index is 0.0399. The molecule has 0 bridgehead atoms. The molecule has 20 heavy (non-hydrogen) atoms. The minimum atomic E-state index is -0.0600. The van der Waals surface area contributed by atoms with Crippen LogP contribution in [-0.2, 0) is 0 Å². The van der Waals surface area contributed by atoms with Gasteiger partial charge in [0.25, 0.3) is 5.91 Å². The van der Waals surface area contributed by atoms with Crippen molar-refractivity contribution in [3.8, 4) is 0 Å². The van der Waals surface area contributed by atoms with Crippen LogP contribution in [0.4, 0.5) is 0 Å². The lowest BCUT2D eigenvalue weighted by molar-refractivity contribution is 0.0921. The number of hydrogen-bond acceptors (Lipinski definition) is 3. The average molecular weight is 275 g/mol. The number of nitrogens with one attached hydrogen (secondary N) is 1. The van der Waals surface area contributed by atoms with Gasteiger partial charge in [-0.3, -0.25) is 4.79 Å². The predicted octanol–water partition coefficient (Wildman–Crippen LogP) is 2.09. The fraction of sp³-hybridized carbons (Fsp3) is 0.467. The van der Waals surface area contributed by atoms with Gasteiger partial charge in [-0.1, -0.05) is 37.1 Å². The first-order chi connectivity index (χ1) is 9.60. The lowest BCUT2D eigenvalue weighted by Gasteiger charge is -2.27. The maximum atomic E-state index is 12.1. The number of carbonyl (C=O) groups is 1. The molecule has 1 aliphatic rings. The second-order valence-corrected chi connectivity index (χ2v) is 5.50. The lowest BCUT2D eigenvalue weighted by atomic mass is 9.87. The largest absolute Gasteiger partial charge is 0.409 e. The van der Waals surface area contributed by atoms with Gasteiger partial charge in [0.1, 0.15) is 0 Å². The number of amides is 1. The zero-order valence-electron chi connectivity index (χ0n) is 11.7. The Bertz CT molecular complexity index is 496. The number of hydrogen-bond donors (Lipinski definition) is 3. The van der Waals surface area contributed by atoms with Crippen molar-refractivity contribution in [3.63, 3.8) is 0 Å². The number of nitrogens with two attached hydrogens (primary N) is 1. The zero-order valence-corrected chi connectivity index (χ0v) is 11.7. The highest BCUT2D eigenvalue weighted by molar-refractivity contribution is 5.99. The maximum absolute atomic E-state index is 12.1. The molecule has 0 aromatic heterocycles. The highest BCUT2D eigenvalue weighted by Crippen LogP contribution is 2.23. The van der Waals surface area contributed by atoms with Gasteiger partial charge >= 0.3 is 0 Å². The molecular formula is C15H21N3O2. The first kappa shape index (κ1) is 14.4. The van der Waals surface area contributed by atoms with E-state index in [-0.39, 0.29) is 17.8 Å². The molecular weight excluding hydrogens is 254 g/mol. The third kappa shape index (κ3) is 3.50. The predicted molar refractivity (Wildman–Crippen MR) is 77.8 cm³/mol. The second-order valence-electron chi connectivity index (χ2n) is 5.50. The summed E-state index contributed by atoms with van der Waals surface area (Å²) in [5.74, 6) is 0.658. The van der Waals surface area contributed by atoms with Gasteiger partial charge in [-0.2, -0.15) is 0 Å². The van der Waals surface area contributed by atoms with E-state index in [1.807, 2.05) is 0 Å². The van der Waals surface area contributed by atoms with Crippen molar-refractivity contribution in [1.82, 2.24) is 5.32 Å². The molecule has 1 aromatic rings. The molecule has 0 radical (unpaired) electrons. The molecule has 5 heteroatoms. The molecule has 2 rings (SSSR count). The van der Waals surface area contributed by atoms with E-state index in [0.29, 0.717) is 17.0 Å². The van der Waals surface area contributed by atoms with Crippen LogP contribution in [0.15, 0.2) is 29.4 Å². The molecule has 108 valence electrons. The molecule has 5 nitrogen and oxygen atoms in total. The van der Waals surface area contributed by atoms with E-state index < -0.39 is 0 Å². The summed E-state index contributed by atoms with van der Waals surface area (Å²) in [6, 6.07) is 7.00. The molecule has 0 spiro atoms. The van der Waals surface area contributed by atoms with Crippen molar-refractivity contribution in [3.05, 3.63) is 35.4 Å². The van der Waals surface area contributed by atoms with Crippen LogP contribution in [0.5, 0.6) is 0 Å². The Morgan fingerprint density at radius 1 is 1.30 bits per heavy atom. The first-order valence-corrected chi connectivity index (χ1v) is 6.99. The first-order valence-electron chi connectivity index (χ1n) is 6.99. The average Bonchev–Trinajstić information content (AvgIpc) is 2.46.